The van der Waals surface area contributed by atoms with Gasteiger partial charge in [0.2, 0.25) is 10.0 Å². The third kappa shape index (κ3) is 2.54. The highest BCUT2D eigenvalue weighted by Crippen LogP contribution is 2.26. The lowest BCUT2D eigenvalue weighted by Crippen LogP contribution is -2.37. The van der Waals surface area contributed by atoms with Crippen molar-refractivity contribution < 1.29 is 27.8 Å². The number of aliphatic hydroxyl groups is 1. The fraction of sp³-hybridized carbons (Fsp3) is 0.417. The van der Waals surface area contributed by atoms with Crippen molar-refractivity contribution in [2.45, 2.75) is 23.8 Å². The van der Waals surface area contributed by atoms with Crippen LogP contribution in [0, 0.1) is 5.82 Å². The molecule has 1 atom stereocenters. The number of sulfonamides is 1. The molecule has 0 bridgehead atoms. The normalized spacial score (nSPS) is 20.2. The first-order valence-electron chi connectivity index (χ1n) is 6.03. The molecule has 0 spiro atoms. The Morgan fingerprint density at radius 1 is 1.45 bits per heavy atom. The van der Waals surface area contributed by atoms with Crippen molar-refractivity contribution in [1.29, 1.82) is 0 Å². The molecule has 20 heavy (non-hydrogen) atoms. The largest absolute Gasteiger partial charge is 0.478 e. The van der Waals surface area contributed by atoms with Gasteiger partial charge in [-0.15, -0.1) is 0 Å². The van der Waals surface area contributed by atoms with E-state index in [0.29, 0.717) is 12.8 Å². The van der Waals surface area contributed by atoms with E-state index in [-0.39, 0.29) is 18.0 Å². The first-order valence-corrected chi connectivity index (χ1v) is 7.47. The van der Waals surface area contributed by atoms with Gasteiger partial charge < -0.3 is 10.2 Å². The van der Waals surface area contributed by atoms with Crippen LogP contribution in [0.3, 0.4) is 0 Å². The smallest absolute Gasteiger partial charge is 0.338 e. The second kappa shape index (κ2) is 5.47. The molecule has 2 rings (SSSR count). The molecule has 1 aliphatic heterocycles. The molecule has 6 nitrogen and oxygen atoms in total. The third-order valence-electron chi connectivity index (χ3n) is 3.31. The lowest BCUT2D eigenvalue weighted by molar-refractivity contribution is 0.0691. The number of hydrogen-bond acceptors (Lipinski definition) is 4. The topological polar surface area (TPSA) is 94.9 Å². The fourth-order valence-electron chi connectivity index (χ4n) is 2.27. The van der Waals surface area contributed by atoms with E-state index in [9.17, 15) is 22.7 Å². The lowest BCUT2D eigenvalue weighted by atomic mass is 10.2. The number of benzene rings is 1. The molecule has 0 aliphatic carbocycles. The van der Waals surface area contributed by atoms with Crippen LogP contribution in [0.2, 0.25) is 0 Å². The minimum atomic E-state index is -3.93. The van der Waals surface area contributed by atoms with Crippen molar-refractivity contribution in [1.82, 2.24) is 4.31 Å². The maximum atomic E-state index is 13.3. The molecular formula is C12H14FNO5S. The molecule has 1 saturated heterocycles. The Labute approximate surface area is 115 Å². The van der Waals surface area contributed by atoms with E-state index in [1.54, 1.807) is 0 Å². The van der Waals surface area contributed by atoms with Gasteiger partial charge in [-0.3, -0.25) is 0 Å². The van der Waals surface area contributed by atoms with Crippen molar-refractivity contribution >= 4 is 16.0 Å². The SMILES string of the molecule is O=C(O)c1cc(S(=O)(=O)N2CCC[C@@H]2CO)ccc1F. The zero-order valence-corrected chi connectivity index (χ0v) is 11.3. The molecular weight excluding hydrogens is 289 g/mol. The van der Waals surface area contributed by atoms with Gasteiger partial charge in [-0.1, -0.05) is 0 Å². The minimum absolute atomic E-state index is 0.257. The van der Waals surface area contributed by atoms with Crippen LogP contribution >= 0.6 is 0 Å². The summed E-state index contributed by atoms with van der Waals surface area (Å²) in [5, 5.41) is 18.0. The number of rotatable bonds is 4. The van der Waals surface area contributed by atoms with E-state index in [1.165, 1.54) is 0 Å². The third-order valence-corrected chi connectivity index (χ3v) is 5.26. The summed E-state index contributed by atoms with van der Waals surface area (Å²) in [4.78, 5) is 10.6. The Morgan fingerprint density at radius 3 is 2.75 bits per heavy atom. The molecule has 2 N–H and O–H groups in total. The van der Waals surface area contributed by atoms with Crippen molar-refractivity contribution in [2.75, 3.05) is 13.2 Å². The van der Waals surface area contributed by atoms with Gasteiger partial charge in [0, 0.05) is 12.6 Å². The highest BCUT2D eigenvalue weighted by molar-refractivity contribution is 7.89. The van der Waals surface area contributed by atoms with Gasteiger partial charge in [0.25, 0.3) is 0 Å². The van der Waals surface area contributed by atoms with Crippen LogP contribution in [0.25, 0.3) is 0 Å². The summed E-state index contributed by atoms with van der Waals surface area (Å²) in [6, 6.07) is 2.14. The van der Waals surface area contributed by atoms with Gasteiger partial charge >= 0.3 is 5.97 Å². The summed E-state index contributed by atoms with van der Waals surface area (Å²) < 4.78 is 39.2. The number of aliphatic hydroxyl groups excluding tert-OH is 1. The second-order valence-electron chi connectivity index (χ2n) is 4.54. The predicted octanol–water partition coefficient (Wildman–Crippen LogP) is 0.669. The van der Waals surface area contributed by atoms with Crippen LogP contribution in [-0.4, -0.2) is 48.1 Å². The molecule has 1 aromatic rings. The van der Waals surface area contributed by atoms with E-state index in [0.717, 1.165) is 22.5 Å². The van der Waals surface area contributed by atoms with Gasteiger partial charge in [-0.25, -0.2) is 17.6 Å². The predicted molar refractivity (Wildman–Crippen MR) is 67.4 cm³/mol. The van der Waals surface area contributed by atoms with Crippen molar-refractivity contribution in [2.24, 2.45) is 0 Å². The van der Waals surface area contributed by atoms with Gasteiger partial charge in [0.05, 0.1) is 17.1 Å². The zero-order valence-electron chi connectivity index (χ0n) is 10.5. The maximum Gasteiger partial charge on any atom is 0.338 e. The quantitative estimate of drug-likeness (QED) is 0.852. The first kappa shape index (κ1) is 14.9. The van der Waals surface area contributed by atoms with Crippen LogP contribution in [-0.2, 0) is 10.0 Å². The molecule has 1 fully saturated rings. The molecule has 1 aromatic carbocycles. The van der Waals surface area contributed by atoms with E-state index < -0.39 is 33.4 Å². The molecule has 110 valence electrons. The number of halogens is 1. The van der Waals surface area contributed by atoms with Crippen LogP contribution in [0.5, 0.6) is 0 Å². The molecule has 0 saturated carbocycles. The number of aromatic carboxylic acids is 1. The number of nitrogens with zero attached hydrogens (tertiary/aromatic N) is 1. The van der Waals surface area contributed by atoms with Crippen LogP contribution in [0.1, 0.15) is 23.2 Å². The Kier molecular flexibility index (Phi) is 4.07. The van der Waals surface area contributed by atoms with Crippen molar-refractivity contribution in [3.63, 3.8) is 0 Å². The highest BCUT2D eigenvalue weighted by Gasteiger charge is 2.35. The van der Waals surface area contributed by atoms with E-state index in [4.69, 9.17) is 5.11 Å². The number of carbonyl (C=O) groups is 1. The summed E-state index contributed by atoms with van der Waals surface area (Å²) >= 11 is 0. The van der Waals surface area contributed by atoms with Crippen LogP contribution in [0.15, 0.2) is 23.1 Å². The number of carboxylic acids is 1. The van der Waals surface area contributed by atoms with Gasteiger partial charge in [0.1, 0.15) is 5.82 Å². The Bertz CT molecular complexity index is 631. The molecule has 8 heteroatoms. The minimum Gasteiger partial charge on any atom is -0.478 e. The van der Waals surface area contributed by atoms with Crippen molar-refractivity contribution in [3.05, 3.63) is 29.6 Å². The zero-order chi connectivity index (χ0) is 14.9. The Hall–Kier alpha value is -1.51. The Morgan fingerprint density at radius 2 is 2.15 bits per heavy atom. The molecule has 0 radical (unpaired) electrons. The molecule has 0 unspecified atom stereocenters. The monoisotopic (exact) mass is 303 g/mol. The molecule has 0 aromatic heterocycles. The molecule has 1 aliphatic rings. The maximum absolute atomic E-state index is 13.3. The second-order valence-corrected chi connectivity index (χ2v) is 6.43. The van der Waals surface area contributed by atoms with E-state index >= 15 is 0 Å². The Balaban J connectivity index is 2.44. The summed E-state index contributed by atoms with van der Waals surface area (Å²) in [6.07, 6.45) is 1.17. The number of carboxylic acid groups (broad SMARTS) is 1. The fourth-order valence-corrected chi connectivity index (χ4v) is 3.98. The summed E-state index contributed by atoms with van der Waals surface area (Å²) in [5.41, 5.74) is -0.689. The average Bonchev–Trinajstić information content (AvgIpc) is 2.87. The molecule has 1 heterocycles. The number of hydrogen-bond donors (Lipinski definition) is 2. The molecule has 0 amide bonds. The van der Waals surface area contributed by atoms with Crippen LogP contribution in [0.4, 0.5) is 4.39 Å². The van der Waals surface area contributed by atoms with E-state index in [2.05, 4.69) is 0 Å². The standard InChI is InChI=1S/C12H14FNO5S/c13-11-4-3-9(6-10(11)12(16)17)20(18,19)14-5-1-2-8(14)7-15/h3-4,6,8,15H,1-2,5,7H2,(H,16,17)/t8-/m1/s1. The van der Waals surface area contributed by atoms with Gasteiger partial charge in [-0.05, 0) is 31.0 Å². The lowest BCUT2D eigenvalue weighted by Gasteiger charge is -2.22. The van der Waals surface area contributed by atoms with Gasteiger partial charge in [0.15, 0.2) is 0 Å². The van der Waals surface area contributed by atoms with Crippen LogP contribution < -0.4 is 0 Å². The van der Waals surface area contributed by atoms with E-state index in [1.807, 2.05) is 0 Å². The summed E-state index contributed by atoms with van der Waals surface area (Å²) in [6.45, 7) is -0.0421. The highest BCUT2D eigenvalue weighted by atomic mass is 32.2. The summed E-state index contributed by atoms with van der Waals surface area (Å²) in [5.74, 6) is -2.52. The first-order chi connectivity index (χ1) is 9.37. The van der Waals surface area contributed by atoms with Crippen molar-refractivity contribution in [3.8, 4) is 0 Å². The van der Waals surface area contributed by atoms with Gasteiger partial charge in [-0.2, -0.15) is 4.31 Å². The summed E-state index contributed by atoms with van der Waals surface area (Å²) in [7, 11) is -3.93. The average molecular weight is 303 g/mol.